The van der Waals surface area contributed by atoms with Crippen LogP contribution >= 0.6 is 0 Å². The first kappa shape index (κ1) is 22.3. The molecule has 1 aliphatic carbocycles. The van der Waals surface area contributed by atoms with Crippen LogP contribution in [0.15, 0.2) is 48.5 Å². The van der Waals surface area contributed by atoms with Crippen molar-refractivity contribution < 1.29 is 18.7 Å². The Morgan fingerprint density at radius 2 is 1.72 bits per heavy atom. The summed E-state index contributed by atoms with van der Waals surface area (Å²) in [4.78, 5) is 30.0. The Morgan fingerprint density at radius 1 is 1.03 bits per heavy atom. The molecule has 170 valence electrons. The molecule has 7 heteroatoms. The van der Waals surface area contributed by atoms with E-state index in [9.17, 15) is 14.0 Å². The molecule has 1 unspecified atom stereocenters. The van der Waals surface area contributed by atoms with Gasteiger partial charge in [0.2, 0.25) is 5.91 Å². The first-order valence-electron chi connectivity index (χ1n) is 11.3. The summed E-state index contributed by atoms with van der Waals surface area (Å²) in [7, 11) is 1.61. The van der Waals surface area contributed by atoms with Gasteiger partial charge in [-0.25, -0.2) is 4.39 Å². The zero-order chi connectivity index (χ0) is 22.5. The highest BCUT2D eigenvalue weighted by atomic mass is 19.1. The van der Waals surface area contributed by atoms with Crippen molar-refractivity contribution in [2.45, 2.75) is 31.7 Å². The number of carbonyl (C=O) groups is 2. The van der Waals surface area contributed by atoms with Crippen molar-refractivity contribution >= 4 is 17.5 Å². The molecule has 32 heavy (non-hydrogen) atoms. The van der Waals surface area contributed by atoms with Crippen molar-refractivity contribution in [3.05, 3.63) is 59.9 Å². The molecule has 2 fully saturated rings. The van der Waals surface area contributed by atoms with Gasteiger partial charge in [0.05, 0.1) is 13.2 Å². The number of nitrogens with zero attached hydrogens (tertiary/aromatic N) is 2. The lowest BCUT2D eigenvalue weighted by atomic mass is 9.94. The van der Waals surface area contributed by atoms with Crippen LogP contribution in [0.2, 0.25) is 0 Å². The lowest BCUT2D eigenvalue weighted by molar-refractivity contribution is -0.123. The molecule has 2 aromatic rings. The van der Waals surface area contributed by atoms with Crippen molar-refractivity contribution in [3.8, 4) is 5.75 Å². The quantitative estimate of drug-likeness (QED) is 0.744. The van der Waals surface area contributed by atoms with Crippen LogP contribution in [0.5, 0.6) is 5.75 Å². The molecule has 0 aromatic heterocycles. The van der Waals surface area contributed by atoms with Gasteiger partial charge in [-0.15, -0.1) is 0 Å². The Morgan fingerprint density at radius 3 is 2.34 bits per heavy atom. The van der Waals surface area contributed by atoms with Gasteiger partial charge in [-0.3, -0.25) is 14.5 Å². The Bertz CT molecular complexity index is 936. The van der Waals surface area contributed by atoms with Crippen molar-refractivity contribution in [1.82, 2.24) is 9.80 Å². The van der Waals surface area contributed by atoms with E-state index in [0.717, 1.165) is 37.1 Å². The summed E-state index contributed by atoms with van der Waals surface area (Å²) in [6.07, 6.45) is 4.39. The summed E-state index contributed by atoms with van der Waals surface area (Å²) in [6.45, 7) is 2.29. The maximum absolute atomic E-state index is 13.5. The number of piperazine rings is 1. The average molecular weight is 440 g/mol. The van der Waals surface area contributed by atoms with E-state index < -0.39 is 5.82 Å². The number of rotatable bonds is 6. The predicted molar refractivity (Wildman–Crippen MR) is 121 cm³/mol. The molecule has 1 N–H and O–H groups in total. The van der Waals surface area contributed by atoms with Crippen LogP contribution in [0, 0.1) is 11.7 Å². The summed E-state index contributed by atoms with van der Waals surface area (Å²) in [6, 6.07) is 12.9. The van der Waals surface area contributed by atoms with Gasteiger partial charge in [0.25, 0.3) is 5.91 Å². The first-order valence-corrected chi connectivity index (χ1v) is 11.3. The van der Waals surface area contributed by atoms with Crippen LogP contribution in [0.1, 0.15) is 36.0 Å². The second-order valence-electron chi connectivity index (χ2n) is 8.55. The average Bonchev–Trinajstić information content (AvgIpc) is 3.34. The molecule has 2 aliphatic rings. The fraction of sp³-hybridized carbons (Fsp3) is 0.440. The van der Waals surface area contributed by atoms with Crippen LogP contribution in [0.4, 0.5) is 10.1 Å². The largest absolute Gasteiger partial charge is 0.497 e. The summed E-state index contributed by atoms with van der Waals surface area (Å²) in [5.74, 6) is 0.496. The van der Waals surface area contributed by atoms with E-state index in [1.54, 1.807) is 24.1 Å². The molecule has 0 spiro atoms. The van der Waals surface area contributed by atoms with Crippen LogP contribution in [0.25, 0.3) is 0 Å². The molecular weight excluding hydrogens is 409 g/mol. The van der Waals surface area contributed by atoms with E-state index >= 15 is 0 Å². The smallest absolute Gasteiger partial charge is 0.254 e. The van der Waals surface area contributed by atoms with E-state index in [0.29, 0.717) is 37.7 Å². The molecule has 1 saturated carbocycles. The number of methoxy groups -OCH3 is 1. The molecule has 4 rings (SSSR count). The third kappa shape index (κ3) is 5.10. The normalized spacial score (nSPS) is 18.4. The van der Waals surface area contributed by atoms with E-state index in [1.807, 2.05) is 24.3 Å². The van der Waals surface area contributed by atoms with Gasteiger partial charge >= 0.3 is 0 Å². The Kier molecular flexibility index (Phi) is 7.05. The van der Waals surface area contributed by atoms with Gasteiger partial charge in [-0.1, -0.05) is 18.9 Å². The van der Waals surface area contributed by atoms with Crippen LogP contribution in [-0.2, 0) is 4.79 Å². The highest BCUT2D eigenvalue weighted by Crippen LogP contribution is 2.32. The molecule has 1 atom stereocenters. The van der Waals surface area contributed by atoms with Gasteiger partial charge < -0.3 is 15.0 Å². The van der Waals surface area contributed by atoms with Gasteiger partial charge in [0.1, 0.15) is 11.6 Å². The zero-order valence-corrected chi connectivity index (χ0v) is 18.4. The number of hydrogen-bond acceptors (Lipinski definition) is 4. The minimum Gasteiger partial charge on any atom is -0.497 e. The number of nitrogens with one attached hydrogen (secondary N) is 1. The van der Waals surface area contributed by atoms with Crippen LogP contribution in [-0.4, -0.2) is 60.9 Å². The lowest BCUT2D eigenvalue weighted by Gasteiger charge is -2.40. The number of carbonyl (C=O) groups excluding carboxylic acids is 2. The van der Waals surface area contributed by atoms with Crippen molar-refractivity contribution in [1.29, 1.82) is 0 Å². The van der Waals surface area contributed by atoms with Gasteiger partial charge in [-0.2, -0.15) is 0 Å². The molecule has 1 aliphatic heterocycles. The number of halogens is 1. The number of anilines is 1. The number of ether oxygens (including phenoxy) is 1. The molecule has 0 bridgehead atoms. The number of benzene rings is 2. The Balaban J connectivity index is 1.42. The third-order valence-electron chi connectivity index (χ3n) is 6.54. The Hall–Kier alpha value is -2.93. The summed E-state index contributed by atoms with van der Waals surface area (Å²) < 4.78 is 18.7. The van der Waals surface area contributed by atoms with Crippen molar-refractivity contribution in [2.75, 3.05) is 38.6 Å². The maximum atomic E-state index is 13.5. The lowest BCUT2D eigenvalue weighted by Crippen LogP contribution is -2.56. The van der Waals surface area contributed by atoms with Crippen molar-refractivity contribution in [3.63, 3.8) is 0 Å². The summed E-state index contributed by atoms with van der Waals surface area (Å²) in [5, 5.41) is 3.08. The van der Waals surface area contributed by atoms with Crippen LogP contribution in [0.3, 0.4) is 0 Å². The predicted octanol–water partition coefficient (Wildman–Crippen LogP) is 3.79. The van der Waals surface area contributed by atoms with Gasteiger partial charge in [0, 0.05) is 37.4 Å². The number of hydrogen-bond donors (Lipinski definition) is 1. The molecule has 6 nitrogen and oxygen atoms in total. The fourth-order valence-electron chi connectivity index (χ4n) is 4.85. The second kappa shape index (κ2) is 10.1. The van der Waals surface area contributed by atoms with Crippen molar-refractivity contribution in [2.24, 2.45) is 5.92 Å². The third-order valence-corrected chi connectivity index (χ3v) is 6.54. The molecular formula is C25H30FN3O3. The first-order chi connectivity index (χ1) is 15.5. The van der Waals surface area contributed by atoms with E-state index in [2.05, 4.69) is 10.2 Å². The van der Waals surface area contributed by atoms with Gasteiger partial charge in [-0.05, 0) is 61.2 Å². The minimum absolute atomic E-state index is 0.00646. The molecule has 1 heterocycles. The van der Waals surface area contributed by atoms with E-state index in [4.69, 9.17) is 4.74 Å². The molecule has 0 radical (unpaired) electrons. The molecule has 1 saturated heterocycles. The van der Waals surface area contributed by atoms with Gasteiger partial charge in [0.15, 0.2) is 0 Å². The topological polar surface area (TPSA) is 61.9 Å². The summed E-state index contributed by atoms with van der Waals surface area (Å²) in [5.41, 5.74) is 1.11. The minimum atomic E-state index is -0.411. The fourth-order valence-corrected chi connectivity index (χ4v) is 4.85. The molecule has 2 aromatic carbocycles. The highest BCUT2D eigenvalue weighted by molar-refractivity contribution is 5.95. The van der Waals surface area contributed by atoms with E-state index in [1.165, 1.54) is 12.1 Å². The monoisotopic (exact) mass is 439 g/mol. The number of amides is 2. The SMILES string of the molecule is COc1ccc(NC(=O)C(C2CCCC2)N2CCN(C(=O)c3cccc(F)c3)CC2)cc1. The van der Waals surface area contributed by atoms with E-state index in [-0.39, 0.29) is 17.9 Å². The highest BCUT2D eigenvalue weighted by Gasteiger charge is 2.37. The summed E-state index contributed by atoms with van der Waals surface area (Å²) >= 11 is 0. The second-order valence-corrected chi connectivity index (χ2v) is 8.55. The zero-order valence-electron chi connectivity index (χ0n) is 18.4. The Labute approximate surface area is 188 Å². The standard InChI is InChI=1S/C25H30FN3O3/c1-32-22-11-9-21(10-12-22)27-24(30)23(18-5-2-3-6-18)28-13-15-29(16-14-28)25(31)19-7-4-8-20(26)17-19/h4,7-12,17-18,23H,2-3,5-6,13-16H2,1H3,(H,27,30). The van der Waals surface area contributed by atoms with Crippen LogP contribution < -0.4 is 10.1 Å². The molecule has 2 amide bonds. The maximum Gasteiger partial charge on any atom is 0.254 e.